The third kappa shape index (κ3) is 4.43. The molecule has 1 atom stereocenters. The minimum Gasteiger partial charge on any atom is -0.310 e. The Hall–Kier alpha value is -3.46. The molecule has 0 fully saturated rings. The summed E-state index contributed by atoms with van der Waals surface area (Å²) in [5.74, 6) is 1.26. The average molecular weight is 448 g/mol. The zero-order chi connectivity index (χ0) is 22.7. The van der Waals surface area contributed by atoms with Gasteiger partial charge in [0.15, 0.2) is 11.0 Å². The van der Waals surface area contributed by atoms with Crippen LogP contribution >= 0.6 is 11.8 Å². The van der Waals surface area contributed by atoms with Crippen molar-refractivity contribution in [3.05, 3.63) is 66.6 Å². The number of pyridine rings is 1. The number of carbonyl (C=O) groups excluding carboxylic acids is 1. The van der Waals surface area contributed by atoms with Crippen molar-refractivity contribution in [3.8, 4) is 17.1 Å². The Kier molecular flexibility index (Phi) is 6.36. The average Bonchev–Trinajstić information content (AvgIpc) is 3.42. The van der Waals surface area contributed by atoms with Crippen LogP contribution in [0.2, 0.25) is 0 Å². The number of hydrogen-bond donors (Lipinski definition) is 1. The number of aryl methyl sites for hydroxylation is 1. The SMILES string of the molecule is Cc1ccccc1-n1c(SC(C)C(=O)Nc2ccnn2C(C)C)nnc1-c1ccncc1. The molecule has 1 unspecified atom stereocenters. The predicted octanol–water partition coefficient (Wildman–Crippen LogP) is 4.53. The van der Waals surface area contributed by atoms with E-state index in [4.69, 9.17) is 0 Å². The van der Waals surface area contributed by atoms with Crippen molar-refractivity contribution in [1.29, 1.82) is 0 Å². The third-order valence-corrected chi connectivity index (χ3v) is 6.03. The topological polar surface area (TPSA) is 90.5 Å². The molecule has 164 valence electrons. The molecule has 0 aliphatic rings. The van der Waals surface area contributed by atoms with Crippen LogP contribution in [0.15, 0.2) is 66.2 Å². The number of hydrogen-bond acceptors (Lipinski definition) is 6. The lowest BCUT2D eigenvalue weighted by atomic mass is 10.2. The normalized spacial score (nSPS) is 12.2. The Morgan fingerprint density at radius 2 is 1.75 bits per heavy atom. The molecule has 0 bridgehead atoms. The molecule has 1 aromatic carbocycles. The maximum atomic E-state index is 12.9. The van der Waals surface area contributed by atoms with Crippen LogP contribution in [-0.4, -0.2) is 40.7 Å². The highest BCUT2D eigenvalue weighted by Gasteiger charge is 2.23. The number of rotatable bonds is 7. The fourth-order valence-electron chi connectivity index (χ4n) is 3.33. The fourth-order valence-corrected chi connectivity index (χ4v) is 4.19. The molecule has 4 rings (SSSR count). The summed E-state index contributed by atoms with van der Waals surface area (Å²) in [6, 6.07) is 13.8. The minimum absolute atomic E-state index is 0.123. The number of benzene rings is 1. The van der Waals surface area contributed by atoms with E-state index in [1.54, 1.807) is 29.3 Å². The van der Waals surface area contributed by atoms with Crippen molar-refractivity contribution in [1.82, 2.24) is 29.5 Å². The number of amides is 1. The summed E-state index contributed by atoms with van der Waals surface area (Å²) in [7, 11) is 0. The first kappa shape index (κ1) is 21.8. The number of carbonyl (C=O) groups is 1. The first-order valence-electron chi connectivity index (χ1n) is 10.4. The van der Waals surface area contributed by atoms with Gasteiger partial charge in [0, 0.05) is 30.1 Å². The van der Waals surface area contributed by atoms with Crippen molar-refractivity contribution >= 4 is 23.5 Å². The van der Waals surface area contributed by atoms with Gasteiger partial charge in [-0.2, -0.15) is 5.10 Å². The van der Waals surface area contributed by atoms with E-state index < -0.39 is 5.25 Å². The standard InChI is InChI=1S/C23H25N7OS/c1-15(2)30-20(11-14-25-30)26-22(31)17(4)32-23-28-27-21(18-9-12-24-13-10-18)29(23)19-8-6-5-7-16(19)3/h5-15,17H,1-4H3,(H,26,31). The summed E-state index contributed by atoms with van der Waals surface area (Å²) in [6.07, 6.45) is 5.14. The van der Waals surface area contributed by atoms with Crippen LogP contribution in [-0.2, 0) is 4.79 Å². The zero-order valence-corrected chi connectivity index (χ0v) is 19.2. The van der Waals surface area contributed by atoms with Crippen LogP contribution in [0.3, 0.4) is 0 Å². The van der Waals surface area contributed by atoms with Gasteiger partial charge in [0.25, 0.3) is 0 Å². The molecule has 0 aliphatic carbocycles. The van der Waals surface area contributed by atoms with Gasteiger partial charge >= 0.3 is 0 Å². The first-order valence-corrected chi connectivity index (χ1v) is 11.3. The van der Waals surface area contributed by atoms with Crippen LogP contribution in [0.25, 0.3) is 17.1 Å². The molecule has 1 amide bonds. The Morgan fingerprint density at radius 1 is 1.00 bits per heavy atom. The molecule has 3 aromatic heterocycles. The molecule has 0 saturated carbocycles. The predicted molar refractivity (Wildman–Crippen MR) is 126 cm³/mol. The van der Waals surface area contributed by atoms with Gasteiger partial charge in [-0.1, -0.05) is 30.0 Å². The van der Waals surface area contributed by atoms with Crippen molar-refractivity contribution in [2.75, 3.05) is 5.32 Å². The number of para-hydroxylation sites is 1. The first-order chi connectivity index (χ1) is 15.5. The zero-order valence-electron chi connectivity index (χ0n) is 18.4. The van der Waals surface area contributed by atoms with E-state index in [1.165, 1.54) is 11.8 Å². The van der Waals surface area contributed by atoms with Gasteiger partial charge in [-0.25, -0.2) is 4.68 Å². The maximum absolute atomic E-state index is 12.9. The molecular formula is C23H25N7OS. The van der Waals surface area contributed by atoms with Gasteiger partial charge in [0.05, 0.1) is 17.1 Å². The number of nitrogens with zero attached hydrogens (tertiary/aromatic N) is 6. The molecule has 0 spiro atoms. The highest BCUT2D eigenvalue weighted by atomic mass is 32.2. The lowest BCUT2D eigenvalue weighted by Crippen LogP contribution is -2.25. The second kappa shape index (κ2) is 9.35. The largest absolute Gasteiger partial charge is 0.310 e. The Morgan fingerprint density at radius 3 is 2.47 bits per heavy atom. The smallest absolute Gasteiger partial charge is 0.238 e. The third-order valence-electron chi connectivity index (χ3n) is 4.99. The number of thioether (sulfide) groups is 1. The molecule has 4 aromatic rings. The van der Waals surface area contributed by atoms with E-state index >= 15 is 0 Å². The highest BCUT2D eigenvalue weighted by molar-refractivity contribution is 8.00. The van der Waals surface area contributed by atoms with Gasteiger partial charge in [-0.15, -0.1) is 10.2 Å². The van der Waals surface area contributed by atoms with Crippen molar-refractivity contribution < 1.29 is 4.79 Å². The highest BCUT2D eigenvalue weighted by Crippen LogP contribution is 2.31. The van der Waals surface area contributed by atoms with Gasteiger partial charge < -0.3 is 5.32 Å². The molecule has 1 N–H and O–H groups in total. The fraction of sp³-hybridized carbons (Fsp3) is 0.261. The molecule has 0 aliphatic heterocycles. The van der Waals surface area contributed by atoms with Crippen LogP contribution in [0.4, 0.5) is 5.82 Å². The van der Waals surface area contributed by atoms with Crippen LogP contribution in [0.5, 0.6) is 0 Å². The summed E-state index contributed by atoms with van der Waals surface area (Å²) in [6.45, 7) is 7.95. The van der Waals surface area contributed by atoms with Crippen LogP contribution < -0.4 is 5.32 Å². The van der Waals surface area contributed by atoms with E-state index in [0.29, 0.717) is 16.8 Å². The molecule has 3 heterocycles. The van der Waals surface area contributed by atoms with Crippen molar-refractivity contribution in [2.45, 2.75) is 44.1 Å². The Balaban J connectivity index is 1.65. The van der Waals surface area contributed by atoms with E-state index in [-0.39, 0.29) is 11.9 Å². The molecular weight excluding hydrogens is 422 g/mol. The van der Waals surface area contributed by atoms with Crippen molar-refractivity contribution in [3.63, 3.8) is 0 Å². The Bertz CT molecular complexity index is 1220. The van der Waals surface area contributed by atoms with E-state index in [0.717, 1.165) is 16.8 Å². The van der Waals surface area contributed by atoms with Gasteiger partial charge in [-0.05, 0) is 51.5 Å². The Labute approximate surface area is 191 Å². The monoisotopic (exact) mass is 447 g/mol. The summed E-state index contributed by atoms with van der Waals surface area (Å²) < 4.78 is 3.78. The van der Waals surface area contributed by atoms with Crippen LogP contribution in [0.1, 0.15) is 32.4 Å². The van der Waals surface area contributed by atoms with E-state index in [2.05, 4.69) is 25.6 Å². The second-order valence-corrected chi connectivity index (χ2v) is 8.98. The van der Waals surface area contributed by atoms with E-state index in [1.807, 2.05) is 68.7 Å². The quantitative estimate of drug-likeness (QED) is 0.419. The summed E-state index contributed by atoms with van der Waals surface area (Å²) in [5.41, 5.74) is 2.96. The van der Waals surface area contributed by atoms with Gasteiger partial charge in [0.1, 0.15) is 5.82 Å². The second-order valence-electron chi connectivity index (χ2n) is 7.67. The van der Waals surface area contributed by atoms with Crippen molar-refractivity contribution in [2.24, 2.45) is 0 Å². The molecule has 0 saturated heterocycles. The number of anilines is 1. The van der Waals surface area contributed by atoms with Gasteiger partial charge in [0.2, 0.25) is 5.91 Å². The lowest BCUT2D eigenvalue weighted by Gasteiger charge is -2.16. The van der Waals surface area contributed by atoms with Gasteiger partial charge in [-0.3, -0.25) is 14.3 Å². The molecule has 0 radical (unpaired) electrons. The number of nitrogens with one attached hydrogen (secondary N) is 1. The van der Waals surface area contributed by atoms with E-state index in [9.17, 15) is 4.79 Å². The summed E-state index contributed by atoms with van der Waals surface area (Å²) in [4.78, 5) is 17.0. The van der Waals surface area contributed by atoms with Crippen LogP contribution in [0, 0.1) is 6.92 Å². The molecule has 32 heavy (non-hydrogen) atoms. The maximum Gasteiger partial charge on any atom is 0.238 e. The minimum atomic E-state index is -0.400. The molecule has 9 heteroatoms. The summed E-state index contributed by atoms with van der Waals surface area (Å²) >= 11 is 1.37. The number of aromatic nitrogens is 6. The summed E-state index contributed by atoms with van der Waals surface area (Å²) in [5, 5.41) is 16.4. The lowest BCUT2D eigenvalue weighted by molar-refractivity contribution is -0.115. The molecule has 8 nitrogen and oxygen atoms in total.